The van der Waals surface area contributed by atoms with Gasteiger partial charge in [0, 0.05) is 65.2 Å². The summed E-state index contributed by atoms with van der Waals surface area (Å²) in [6, 6.07) is 33.6. The van der Waals surface area contributed by atoms with Crippen molar-refractivity contribution in [1.29, 1.82) is 0 Å². The van der Waals surface area contributed by atoms with Gasteiger partial charge in [0.15, 0.2) is 0 Å². The van der Waals surface area contributed by atoms with Gasteiger partial charge in [-0.05, 0) is 87.8 Å². The maximum Gasteiger partial charge on any atom is 0.246 e. The van der Waals surface area contributed by atoms with Crippen LogP contribution in [-0.4, -0.2) is 92.6 Å². The first-order valence-electron chi connectivity index (χ1n) is 25.8. The van der Waals surface area contributed by atoms with E-state index >= 15 is 0 Å². The smallest absolute Gasteiger partial charge is 0.246 e. The molecule has 0 radical (unpaired) electrons. The Bertz CT molecular complexity index is 1750. The first-order valence-corrected chi connectivity index (χ1v) is 27.8. The van der Waals surface area contributed by atoms with Crippen molar-refractivity contribution in [3.8, 4) is 0 Å². The van der Waals surface area contributed by atoms with Crippen molar-refractivity contribution < 1.29 is 52.0 Å². The van der Waals surface area contributed by atoms with E-state index in [4.69, 9.17) is 0 Å². The van der Waals surface area contributed by atoms with Crippen LogP contribution in [-0.2, 0) is 24.0 Å². The number of carbonyl (C=O) groups is 5. The Balaban J connectivity index is 0.0000163. The molecule has 14 heteroatoms. The molecule has 4 amide bonds. The third kappa shape index (κ3) is 25.5. The Morgan fingerprint density at radius 1 is 0.420 bits per heavy atom. The summed E-state index contributed by atoms with van der Waals surface area (Å²) in [6.07, 6.45) is 22.9. The lowest BCUT2D eigenvalue weighted by Crippen LogP contribution is -3.00. The highest BCUT2D eigenvalue weighted by molar-refractivity contribution is 7.95. The minimum Gasteiger partial charge on any atom is -1.00 e. The third-order valence-electron chi connectivity index (χ3n) is 12.8. The molecule has 3 aromatic rings. The molecular formula is C55H84ClN4O8P. The molecule has 0 spiro atoms. The summed E-state index contributed by atoms with van der Waals surface area (Å²) in [6.45, 7) is 2.37. The lowest BCUT2D eigenvalue weighted by molar-refractivity contribution is -0.166. The normalized spacial score (nSPS) is 11.1. The van der Waals surface area contributed by atoms with Crippen molar-refractivity contribution >= 4 is 52.6 Å². The van der Waals surface area contributed by atoms with E-state index in [9.17, 15) is 39.6 Å². The van der Waals surface area contributed by atoms with Crippen molar-refractivity contribution in [3.63, 3.8) is 0 Å². The van der Waals surface area contributed by atoms with Gasteiger partial charge in [-0.25, -0.2) is 15.2 Å². The highest BCUT2D eigenvalue weighted by Crippen LogP contribution is 2.56. The number of carbonyl (C=O) groups excluding carboxylic acids is 5. The monoisotopic (exact) mass is 995 g/mol. The predicted octanol–water partition coefficient (Wildman–Crippen LogP) is 7.49. The lowest BCUT2D eigenvalue weighted by Gasteiger charge is -2.27. The van der Waals surface area contributed by atoms with E-state index < -0.39 is 25.0 Å². The second kappa shape index (κ2) is 37.6. The topological polar surface area (TPSA) is 168 Å². The van der Waals surface area contributed by atoms with Crippen LogP contribution in [0.2, 0.25) is 0 Å². The lowest BCUT2D eigenvalue weighted by atomic mass is 10.0. The van der Waals surface area contributed by atoms with Crippen molar-refractivity contribution in [3.05, 3.63) is 91.0 Å². The standard InChI is InChI=1S/C55H83N4O8P.ClH/c1-48(60)57(65)44-28-14-12-20-32-49(61)39-41-54(63)58(66)46-30-19-27-43-56-53(62)40-42-55(64)59(67)45-29-13-10-8-6-4-2-3-5-7-9-11-15-31-47-68(50-33-21-16-22-34-50,51-35-23-17-24-36-51)52-37-25-18-26-38-52;/h16-18,21-26,33-38,65-67H,2-15,19-20,27-32,39-47H2,1H3;1H. The number of nitrogens with zero attached hydrogens (tertiary/aromatic N) is 3. The molecule has 0 unspecified atom stereocenters. The molecule has 0 aromatic heterocycles. The van der Waals surface area contributed by atoms with Gasteiger partial charge < -0.3 is 17.7 Å². The molecule has 0 bridgehead atoms. The van der Waals surface area contributed by atoms with Crippen LogP contribution in [0.3, 0.4) is 0 Å². The van der Waals surface area contributed by atoms with Crippen LogP contribution in [0, 0.1) is 0 Å². The number of rotatable bonds is 39. The first-order chi connectivity index (χ1) is 33.0. The minimum absolute atomic E-state index is 0. The molecule has 0 aliphatic heterocycles. The van der Waals surface area contributed by atoms with Crippen LogP contribution in [0.25, 0.3) is 0 Å². The summed E-state index contributed by atoms with van der Waals surface area (Å²) in [7, 11) is -1.73. The van der Waals surface area contributed by atoms with Crippen LogP contribution in [0.15, 0.2) is 91.0 Å². The number of halogens is 1. The second-order valence-electron chi connectivity index (χ2n) is 18.3. The van der Waals surface area contributed by atoms with Gasteiger partial charge in [0.05, 0.1) is 6.16 Å². The largest absolute Gasteiger partial charge is 1.00 e. The predicted molar refractivity (Wildman–Crippen MR) is 274 cm³/mol. The zero-order valence-electron chi connectivity index (χ0n) is 41.6. The summed E-state index contributed by atoms with van der Waals surface area (Å²) >= 11 is 0. The SMILES string of the molecule is CC(=O)N(O)CCCCCCC(=O)CCC(=O)N(O)CCCCCNC(=O)CCC(=O)N(O)CCCCCCCCCCCCCCCC[P+](c1ccccc1)(c1ccccc1)c1ccccc1.[Cl-]. The molecule has 3 aromatic carbocycles. The Morgan fingerprint density at radius 2 is 0.768 bits per heavy atom. The number of amides is 4. The molecule has 0 fully saturated rings. The summed E-state index contributed by atoms with van der Waals surface area (Å²) in [5.41, 5.74) is 0. The number of hydrogen-bond acceptors (Lipinski definition) is 8. The average molecular weight is 996 g/mol. The quantitative estimate of drug-likeness (QED) is 0.0198. The van der Waals surface area contributed by atoms with E-state index in [-0.39, 0.29) is 69.4 Å². The number of hydrogen-bond donors (Lipinski definition) is 4. The number of unbranched alkanes of at least 4 members (excludes halogenated alkanes) is 18. The molecule has 384 valence electrons. The highest BCUT2D eigenvalue weighted by Gasteiger charge is 2.44. The van der Waals surface area contributed by atoms with E-state index in [1.54, 1.807) is 0 Å². The second-order valence-corrected chi connectivity index (χ2v) is 21.9. The van der Waals surface area contributed by atoms with Gasteiger partial charge in [-0.3, -0.25) is 39.6 Å². The maximum atomic E-state index is 12.3. The zero-order valence-corrected chi connectivity index (χ0v) is 43.3. The van der Waals surface area contributed by atoms with Crippen molar-refractivity contribution in [2.75, 3.05) is 32.3 Å². The summed E-state index contributed by atoms with van der Waals surface area (Å²) in [5.74, 6) is -1.66. The Labute approximate surface area is 420 Å². The van der Waals surface area contributed by atoms with E-state index in [2.05, 4.69) is 96.3 Å². The molecule has 3 rings (SSSR count). The number of nitrogens with one attached hydrogen (secondary N) is 1. The molecule has 0 aliphatic carbocycles. The Morgan fingerprint density at radius 3 is 1.19 bits per heavy atom. The molecule has 0 saturated carbocycles. The number of Topliss-reactive ketones (excluding diaryl/α,β-unsaturated/α-hetero) is 1. The van der Waals surface area contributed by atoms with Crippen molar-refractivity contribution in [2.45, 2.75) is 174 Å². The minimum atomic E-state index is -1.73. The first kappa shape index (κ1) is 60.9. The highest BCUT2D eigenvalue weighted by atomic mass is 35.5. The molecule has 69 heavy (non-hydrogen) atoms. The average Bonchev–Trinajstić information content (AvgIpc) is 3.36. The van der Waals surface area contributed by atoms with E-state index in [0.717, 1.165) is 43.6 Å². The zero-order chi connectivity index (χ0) is 49.1. The van der Waals surface area contributed by atoms with Gasteiger partial charge in [-0.15, -0.1) is 0 Å². The van der Waals surface area contributed by atoms with Crippen LogP contribution in [0.5, 0.6) is 0 Å². The summed E-state index contributed by atoms with van der Waals surface area (Å²) in [5, 5.41) is 38.8. The van der Waals surface area contributed by atoms with Gasteiger partial charge in [-0.1, -0.05) is 138 Å². The number of ketones is 1. The van der Waals surface area contributed by atoms with E-state index in [1.165, 1.54) is 93.2 Å². The fourth-order valence-electron chi connectivity index (χ4n) is 8.69. The fourth-order valence-corrected chi connectivity index (χ4v) is 13.1. The van der Waals surface area contributed by atoms with Crippen LogP contribution >= 0.6 is 7.26 Å². The maximum absolute atomic E-state index is 12.3. The molecule has 0 saturated heterocycles. The molecule has 0 aliphatic rings. The van der Waals surface area contributed by atoms with Crippen LogP contribution < -0.4 is 33.6 Å². The molecular weight excluding hydrogens is 911 g/mol. The van der Waals surface area contributed by atoms with Gasteiger partial charge in [0.2, 0.25) is 23.6 Å². The van der Waals surface area contributed by atoms with E-state index in [0.29, 0.717) is 55.2 Å². The van der Waals surface area contributed by atoms with Crippen LogP contribution in [0.1, 0.15) is 174 Å². The fraction of sp³-hybridized carbons (Fsp3) is 0.582. The van der Waals surface area contributed by atoms with Gasteiger partial charge in [0.25, 0.3) is 0 Å². The molecule has 0 heterocycles. The van der Waals surface area contributed by atoms with E-state index in [1.807, 2.05) is 0 Å². The van der Waals surface area contributed by atoms with Gasteiger partial charge in [-0.2, -0.15) is 0 Å². The number of hydroxylamine groups is 6. The van der Waals surface area contributed by atoms with Crippen LogP contribution in [0.4, 0.5) is 0 Å². The molecule has 0 atom stereocenters. The summed E-state index contributed by atoms with van der Waals surface area (Å²) in [4.78, 5) is 59.9. The van der Waals surface area contributed by atoms with Gasteiger partial charge in [0.1, 0.15) is 29.0 Å². The van der Waals surface area contributed by atoms with Gasteiger partial charge >= 0.3 is 0 Å². The van der Waals surface area contributed by atoms with Crippen molar-refractivity contribution in [1.82, 2.24) is 20.5 Å². The number of benzene rings is 3. The summed E-state index contributed by atoms with van der Waals surface area (Å²) < 4.78 is 0. The Hall–Kier alpha value is -4.19. The van der Waals surface area contributed by atoms with Crippen molar-refractivity contribution in [2.24, 2.45) is 0 Å². The molecule has 4 N–H and O–H groups in total. The third-order valence-corrected chi connectivity index (χ3v) is 17.3. The molecule has 12 nitrogen and oxygen atoms in total. The Kier molecular flexibility index (Phi) is 33.2.